The van der Waals surface area contributed by atoms with Crippen LogP contribution >= 0.6 is 0 Å². The number of nitrogens with zero attached hydrogens (tertiary/aromatic N) is 1. The van der Waals surface area contributed by atoms with E-state index in [1.165, 1.54) is 73.7 Å². The molecule has 0 bridgehead atoms. The lowest BCUT2D eigenvalue weighted by atomic mass is 9.32. The number of hydrogen-bond donors (Lipinski definition) is 9. The summed E-state index contributed by atoms with van der Waals surface area (Å²) >= 11 is 0. The standard InChI is InChI=1S/C56H61N3O7/c60-26-22-34-28-43(33-11-6-31(7-12-33)8-18-40-38(17-9-32-10-20-44(61)47(64)27-32)39-4-1-5-45(62)48(39)50(66)49(40)65)59-52-41(34)29-37-14-13-36-15-19-42-53(58-30-57-42)56(52)51-46(63)21-16-35-3-2-23-54(35,51)24-25-55(36,37)56/h1,4-7,9-12,16-17,20-21,27-28,30,35-37,41,43,46,51-52,59-66H,2-3,8,13-15,18-19,22-26,29H2,(H,57,58). The van der Waals surface area contributed by atoms with Crippen molar-refractivity contribution in [2.45, 2.75) is 107 Å². The Kier molecular flexibility index (Phi) is 9.83. The molecule has 4 aromatic carbocycles. The molecule has 2 spiro atoms. The zero-order valence-corrected chi connectivity index (χ0v) is 37.3. The number of H-pyrrole nitrogens is 1. The van der Waals surface area contributed by atoms with Crippen LogP contribution in [0.2, 0.25) is 0 Å². The van der Waals surface area contributed by atoms with Crippen molar-refractivity contribution in [2.75, 3.05) is 6.61 Å². The van der Waals surface area contributed by atoms with Gasteiger partial charge in [-0.2, -0.15) is 0 Å². The van der Waals surface area contributed by atoms with Gasteiger partial charge in [0.25, 0.3) is 0 Å². The van der Waals surface area contributed by atoms with E-state index in [0.717, 1.165) is 36.8 Å². The molecule has 4 saturated carbocycles. The van der Waals surface area contributed by atoms with Gasteiger partial charge in [0.1, 0.15) is 5.75 Å². The van der Waals surface area contributed by atoms with E-state index in [-0.39, 0.29) is 75.5 Å². The Morgan fingerprint density at radius 2 is 1.64 bits per heavy atom. The van der Waals surface area contributed by atoms with Crippen LogP contribution in [0, 0.1) is 40.4 Å². The first-order chi connectivity index (χ1) is 32.1. The molecule has 0 radical (unpaired) electrons. The number of phenols is 5. The molecular formula is C56H61N3O7. The number of fused-ring (bicyclic) bond motifs is 3. The van der Waals surface area contributed by atoms with Gasteiger partial charge in [0.05, 0.1) is 29.6 Å². The highest BCUT2D eigenvalue weighted by atomic mass is 16.3. The minimum Gasteiger partial charge on any atom is -0.507 e. The van der Waals surface area contributed by atoms with Crippen LogP contribution in [0.3, 0.4) is 0 Å². The van der Waals surface area contributed by atoms with E-state index < -0.39 is 11.5 Å². The van der Waals surface area contributed by atoms with Crippen molar-refractivity contribution in [1.82, 2.24) is 15.3 Å². The van der Waals surface area contributed by atoms with Gasteiger partial charge in [-0.1, -0.05) is 84.8 Å². The number of aliphatic hydroxyl groups is 2. The van der Waals surface area contributed by atoms with Gasteiger partial charge in [-0.3, -0.25) is 0 Å². The van der Waals surface area contributed by atoms with Crippen molar-refractivity contribution in [3.63, 3.8) is 0 Å². The third-order valence-corrected chi connectivity index (χ3v) is 18.7. The van der Waals surface area contributed by atoms with Crippen molar-refractivity contribution >= 4 is 22.9 Å². The fourth-order valence-electron chi connectivity index (χ4n) is 16.4. The highest BCUT2D eigenvalue weighted by molar-refractivity contribution is 6.03. The zero-order chi connectivity index (χ0) is 45.1. The first-order valence-corrected chi connectivity index (χ1v) is 24.5. The van der Waals surface area contributed by atoms with E-state index in [1.807, 2.05) is 6.33 Å². The molecular weight excluding hydrogens is 827 g/mol. The maximum absolute atomic E-state index is 12.7. The molecule has 10 nitrogen and oxygen atoms in total. The van der Waals surface area contributed by atoms with Gasteiger partial charge in [0.2, 0.25) is 0 Å². The smallest absolute Gasteiger partial charge is 0.169 e. The predicted molar refractivity (Wildman–Crippen MR) is 254 cm³/mol. The van der Waals surface area contributed by atoms with Crippen molar-refractivity contribution < 1.29 is 35.7 Å². The number of aromatic hydroxyl groups is 5. The summed E-state index contributed by atoms with van der Waals surface area (Å²) in [5, 5.41) is 82.1. The van der Waals surface area contributed by atoms with Gasteiger partial charge in [-0.15, -0.1) is 0 Å². The molecule has 1 aromatic heterocycles. The van der Waals surface area contributed by atoms with Gasteiger partial charge in [-0.05, 0) is 157 Å². The summed E-state index contributed by atoms with van der Waals surface area (Å²) in [5.41, 5.74) is 7.42. The first-order valence-electron chi connectivity index (χ1n) is 24.5. The first kappa shape index (κ1) is 41.9. The zero-order valence-electron chi connectivity index (χ0n) is 37.3. The van der Waals surface area contributed by atoms with Crippen molar-refractivity contribution in [3.8, 4) is 28.7 Å². The third-order valence-electron chi connectivity index (χ3n) is 18.7. The van der Waals surface area contributed by atoms with Gasteiger partial charge in [0, 0.05) is 35.2 Å². The van der Waals surface area contributed by atoms with Crippen LogP contribution in [0.1, 0.15) is 109 Å². The Labute approximate surface area is 385 Å². The number of rotatable bonds is 8. The molecule has 2 heterocycles. The van der Waals surface area contributed by atoms with E-state index >= 15 is 0 Å². The summed E-state index contributed by atoms with van der Waals surface area (Å²) in [7, 11) is 0. The number of imidazole rings is 1. The normalized spacial score (nSPS) is 33.9. The second-order valence-corrected chi connectivity index (χ2v) is 21.0. The molecule has 66 heavy (non-hydrogen) atoms. The van der Waals surface area contributed by atoms with Crippen molar-refractivity contribution in [1.29, 1.82) is 0 Å². The number of benzene rings is 4. The summed E-state index contributed by atoms with van der Waals surface area (Å²) in [5.74, 6) is 0.540. The van der Waals surface area contributed by atoms with Crippen LogP contribution in [0.5, 0.6) is 28.7 Å². The molecule has 6 aliphatic carbocycles. The van der Waals surface area contributed by atoms with Gasteiger partial charge >= 0.3 is 0 Å². The molecule has 342 valence electrons. The molecule has 12 rings (SSSR count). The number of aryl methyl sites for hydroxylation is 2. The highest BCUT2D eigenvalue weighted by Crippen LogP contribution is 2.80. The molecule has 0 amide bonds. The Bertz CT molecular complexity index is 2830. The number of allylic oxidation sites excluding steroid dienone is 1. The van der Waals surface area contributed by atoms with E-state index in [9.17, 15) is 35.7 Å². The van der Waals surface area contributed by atoms with Crippen LogP contribution in [-0.4, -0.2) is 64.5 Å². The maximum Gasteiger partial charge on any atom is 0.169 e. The second-order valence-electron chi connectivity index (χ2n) is 21.0. The van der Waals surface area contributed by atoms with Gasteiger partial charge < -0.3 is 46.0 Å². The summed E-state index contributed by atoms with van der Waals surface area (Å²) in [6.45, 7) is 0.0893. The predicted octanol–water partition coefficient (Wildman–Crippen LogP) is 9.41. The topological polar surface area (TPSA) is 182 Å². The monoisotopic (exact) mass is 887 g/mol. The van der Waals surface area contributed by atoms with E-state index in [1.54, 1.807) is 30.4 Å². The van der Waals surface area contributed by atoms with Crippen LogP contribution in [0.4, 0.5) is 0 Å². The molecule has 5 aromatic rings. The SMILES string of the molecule is OCCC1=CC(c2ccc(CCc3c(O)c(O)c4c(O)cccc4c3C=Cc3ccc(O)c(O)c3)cc2)NC2C1CC1CCC3CCc4[nH]cnc4C24C2C(O)C=CC5CCCC52CCC314. The van der Waals surface area contributed by atoms with Crippen LogP contribution in [0.25, 0.3) is 22.9 Å². The minimum atomic E-state index is -0.557. The van der Waals surface area contributed by atoms with E-state index in [2.05, 4.69) is 52.8 Å². The number of aliphatic hydroxyl groups excluding tert-OH is 2. The Hall–Kier alpha value is -5.55. The number of hydrogen-bond acceptors (Lipinski definition) is 9. The highest BCUT2D eigenvalue weighted by Gasteiger charge is 2.79. The number of aromatic amines is 1. The lowest BCUT2D eigenvalue weighted by Crippen LogP contribution is -2.77. The molecule has 11 atom stereocenters. The minimum absolute atomic E-state index is 0.0221. The quantitative estimate of drug-likeness (QED) is 0.0417. The summed E-state index contributed by atoms with van der Waals surface area (Å²) in [4.78, 5) is 9.10. The fourth-order valence-corrected chi connectivity index (χ4v) is 16.4. The lowest BCUT2D eigenvalue weighted by molar-refractivity contribution is -0.204. The van der Waals surface area contributed by atoms with Crippen molar-refractivity contribution in [3.05, 3.63) is 130 Å². The van der Waals surface area contributed by atoms with Crippen LogP contribution in [0.15, 0.2) is 90.8 Å². The molecule has 11 unspecified atom stereocenters. The van der Waals surface area contributed by atoms with Gasteiger partial charge in [-0.25, -0.2) is 4.98 Å². The Balaban J connectivity index is 0.916. The summed E-state index contributed by atoms with van der Waals surface area (Å²) < 4.78 is 0. The number of aromatic nitrogens is 2. The average Bonchev–Trinajstić information content (AvgIpc) is 4.05. The average molecular weight is 888 g/mol. The lowest BCUT2D eigenvalue weighted by Gasteiger charge is -2.73. The number of phenolic OH excluding ortho intramolecular Hbond substituents is 5. The molecule has 10 heteroatoms. The molecule has 0 saturated heterocycles. The second kappa shape index (κ2) is 15.5. The van der Waals surface area contributed by atoms with E-state index in [0.29, 0.717) is 59.1 Å². The van der Waals surface area contributed by atoms with Crippen LogP contribution in [-0.2, 0) is 24.7 Å². The molecule has 7 aliphatic rings. The molecule has 1 aliphatic heterocycles. The number of nitrogens with one attached hydrogen (secondary N) is 2. The third kappa shape index (κ3) is 5.80. The molecule has 4 fully saturated rings. The maximum atomic E-state index is 12.7. The Morgan fingerprint density at radius 3 is 2.47 bits per heavy atom. The Morgan fingerprint density at radius 1 is 0.788 bits per heavy atom. The summed E-state index contributed by atoms with van der Waals surface area (Å²) in [6, 6.07) is 18.1. The largest absolute Gasteiger partial charge is 0.507 e. The summed E-state index contributed by atoms with van der Waals surface area (Å²) in [6.07, 6.45) is 25.1. The van der Waals surface area contributed by atoms with E-state index in [4.69, 9.17) is 4.98 Å². The van der Waals surface area contributed by atoms with Crippen LogP contribution < -0.4 is 5.32 Å². The van der Waals surface area contributed by atoms with Crippen molar-refractivity contribution in [2.24, 2.45) is 40.4 Å². The van der Waals surface area contributed by atoms with Gasteiger partial charge in [0.15, 0.2) is 23.0 Å². The fraction of sp³-hybridized carbons (Fsp3) is 0.446. The molecule has 9 N–H and O–H groups in total.